The normalized spacial score (nSPS) is 13.7. The van der Waals surface area contributed by atoms with Crippen molar-refractivity contribution in [1.82, 2.24) is 9.80 Å². The van der Waals surface area contributed by atoms with Crippen LogP contribution in [-0.2, 0) is 11.2 Å². The Labute approximate surface area is 255 Å². The molecule has 1 aliphatic heterocycles. The van der Waals surface area contributed by atoms with E-state index >= 15 is 0 Å². The first-order chi connectivity index (χ1) is 20.2. The molecule has 0 spiro atoms. The molecule has 42 heavy (non-hydrogen) atoms. The van der Waals surface area contributed by atoms with Gasteiger partial charge in [0.25, 0.3) is 0 Å². The average molecular weight is 599 g/mol. The lowest BCUT2D eigenvalue weighted by Gasteiger charge is -2.32. The Balaban J connectivity index is 0.000000431. The summed E-state index contributed by atoms with van der Waals surface area (Å²) in [5, 5.41) is 0. The van der Waals surface area contributed by atoms with Crippen molar-refractivity contribution in [2.75, 3.05) is 25.5 Å². The first-order valence-corrected chi connectivity index (χ1v) is 15.3. The van der Waals surface area contributed by atoms with E-state index in [1.54, 1.807) is 29.2 Å². The highest BCUT2D eigenvalue weighted by atomic mass is 32.1. The lowest BCUT2D eigenvalue weighted by molar-refractivity contribution is -0.117. The number of allylic oxidation sites excluding steroid dienone is 1. The number of halogens is 3. The zero-order valence-electron chi connectivity index (χ0n) is 25.3. The van der Waals surface area contributed by atoms with E-state index in [9.17, 15) is 18.0 Å². The molecule has 0 bridgehead atoms. The highest BCUT2D eigenvalue weighted by molar-refractivity contribution is 7.80. The Morgan fingerprint density at radius 2 is 1.57 bits per heavy atom. The molecule has 3 aromatic rings. The number of hydrogen-bond acceptors (Lipinski definition) is 3. The standard InChI is InChI=1S/C24H22F3NOS.C9H17N.C2H6/c25-21-12-5-17(6-13-21)4-7-20(14-28(15-29)16-30)18-8-10-19(11-9-18)24-22(26)2-1-3-23(24)27;1-8(2)10-6-4-9(3)5-7-10;1-2/h1-3,5-6,8-13,15,20,30H,4,7,14,16H2;9H,1,4-7H2,2-3H3;1-2H3. The number of hydrogen-bond donors (Lipinski definition) is 1. The fourth-order valence-electron chi connectivity index (χ4n) is 4.86. The molecule has 4 rings (SSSR count). The summed E-state index contributed by atoms with van der Waals surface area (Å²) >= 11 is 4.19. The van der Waals surface area contributed by atoms with Crippen LogP contribution in [0.2, 0.25) is 0 Å². The molecular formula is C35H45F3N2OS. The number of nitrogens with zero attached hydrogens (tertiary/aromatic N) is 2. The Hall–Kier alpha value is -3.19. The van der Waals surface area contributed by atoms with Crippen molar-refractivity contribution in [3.8, 4) is 11.1 Å². The summed E-state index contributed by atoms with van der Waals surface area (Å²) in [6, 6.07) is 17.2. The third-order valence-electron chi connectivity index (χ3n) is 7.44. The van der Waals surface area contributed by atoms with E-state index in [0.717, 1.165) is 29.9 Å². The summed E-state index contributed by atoms with van der Waals surface area (Å²) in [6.07, 6.45) is 4.85. The number of amides is 1. The maximum absolute atomic E-state index is 14.1. The second-order valence-corrected chi connectivity index (χ2v) is 10.8. The number of carbonyl (C=O) groups excluding carboxylic acids is 1. The number of likely N-dealkylation sites (tertiary alicyclic amines) is 1. The number of benzene rings is 3. The van der Waals surface area contributed by atoms with Gasteiger partial charge in [-0.25, -0.2) is 13.2 Å². The predicted octanol–water partition coefficient (Wildman–Crippen LogP) is 9.11. The number of carbonyl (C=O) groups is 1. The number of aryl methyl sites for hydroxylation is 1. The summed E-state index contributed by atoms with van der Waals surface area (Å²) in [5.41, 5.74) is 3.57. The van der Waals surface area contributed by atoms with Gasteiger partial charge in [0.1, 0.15) is 17.5 Å². The summed E-state index contributed by atoms with van der Waals surface area (Å²) in [5.74, 6) is -0.304. The van der Waals surface area contributed by atoms with Crippen LogP contribution in [0.5, 0.6) is 0 Å². The Morgan fingerprint density at radius 3 is 2.07 bits per heavy atom. The van der Waals surface area contributed by atoms with Crippen LogP contribution < -0.4 is 0 Å². The minimum Gasteiger partial charge on any atom is -0.376 e. The molecule has 0 N–H and O–H groups in total. The molecule has 1 saturated heterocycles. The van der Waals surface area contributed by atoms with E-state index in [2.05, 4.69) is 38.0 Å². The lowest BCUT2D eigenvalue weighted by atomic mass is 9.90. The summed E-state index contributed by atoms with van der Waals surface area (Å²) in [4.78, 5) is 15.2. The second kappa shape index (κ2) is 18.4. The highest BCUT2D eigenvalue weighted by Gasteiger charge is 2.17. The van der Waals surface area contributed by atoms with Crippen LogP contribution in [0.1, 0.15) is 64.0 Å². The van der Waals surface area contributed by atoms with E-state index in [0.29, 0.717) is 18.5 Å². The quantitative estimate of drug-likeness (QED) is 0.143. The van der Waals surface area contributed by atoms with Crippen molar-refractivity contribution in [3.05, 3.63) is 108 Å². The van der Waals surface area contributed by atoms with Gasteiger partial charge >= 0.3 is 0 Å². The van der Waals surface area contributed by atoms with Gasteiger partial charge in [0, 0.05) is 31.2 Å². The molecule has 0 saturated carbocycles. The molecule has 1 aliphatic rings. The van der Waals surface area contributed by atoms with E-state index in [1.807, 2.05) is 26.0 Å². The van der Waals surface area contributed by atoms with E-state index < -0.39 is 11.6 Å². The van der Waals surface area contributed by atoms with E-state index in [-0.39, 0.29) is 23.2 Å². The predicted molar refractivity (Wildman–Crippen MR) is 172 cm³/mol. The molecule has 3 nitrogen and oxygen atoms in total. The molecule has 1 fully saturated rings. The van der Waals surface area contributed by atoms with Gasteiger partial charge in [-0.3, -0.25) is 4.79 Å². The molecule has 1 heterocycles. The van der Waals surface area contributed by atoms with Crippen molar-refractivity contribution >= 4 is 19.0 Å². The summed E-state index contributed by atoms with van der Waals surface area (Å²) in [7, 11) is 0. The van der Waals surface area contributed by atoms with Gasteiger partial charge in [-0.05, 0) is 79.5 Å². The summed E-state index contributed by atoms with van der Waals surface area (Å²) < 4.78 is 41.3. The van der Waals surface area contributed by atoms with Gasteiger partial charge in [-0.1, -0.05) is 69.8 Å². The first-order valence-electron chi connectivity index (χ1n) is 14.7. The van der Waals surface area contributed by atoms with Gasteiger partial charge in [0.2, 0.25) is 6.41 Å². The third-order valence-corrected chi connectivity index (χ3v) is 7.80. The molecule has 1 amide bonds. The smallest absolute Gasteiger partial charge is 0.210 e. The Morgan fingerprint density at radius 1 is 1.00 bits per heavy atom. The maximum atomic E-state index is 14.1. The topological polar surface area (TPSA) is 23.6 Å². The average Bonchev–Trinajstić information content (AvgIpc) is 3.00. The molecule has 228 valence electrons. The molecule has 0 radical (unpaired) electrons. The number of thiol groups is 1. The molecule has 0 aliphatic carbocycles. The lowest BCUT2D eigenvalue weighted by Crippen LogP contribution is -2.30. The molecule has 3 aromatic carbocycles. The van der Waals surface area contributed by atoms with E-state index in [1.165, 1.54) is 62.0 Å². The first kappa shape index (κ1) is 35.0. The van der Waals surface area contributed by atoms with Crippen molar-refractivity contribution in [2.24, 2.45) is 5.92 Å². The zero-order chi connectivity index (χ0) is 31.1. The third kappa shape index (κ3) is 10.9. The number of piperidine rings is 1. The van der Waals surface area contributed by atoms with Crippen LogP contribution in [-0.4, -0.2) is 41.7 Å². The van der Waals surface area contributed by atoms with Crippen molar-refractivity contribution in [3.63, 3.8) is 0 Å². The SMILES string of the molecule is C=C(C)N1CCC(C)CC1.CC.O=CN(CS)CC(CCc1ccc(F)cc1)c1ccc(-c2c(F)cccc2F)cc1. The molecular weight excluding hydrogens is 553 g/mol. The monoisotopic (exact) mass is 598 g/mol. The molecule has 0 aromatic heterocycles. The van der Waals surface area contributed by atoms with Crippen LogP contribution in [0, 0.1) is 23.4 Å². The van der Waals surface area contributed by atoms with Crippen molar-refractivity contribution in [2.45, 2.75) is 59.3 Å². The van der Waals surface area contributed by atoms with Gasteiger partial charge in [0.15, 0.2) is 0 Å². The number of rotatable bonds is 10. The zero-order valence-corrected chi connectivity index (χ0v) is 26.2. The molecule has 7 heteroatoms. The van der Waals surface area contributed by atoms with Crippen LogP contribution in [0.15, 0.2) is 79.0 Å². The Bertz CT molecular complexity index is 1210. The largest absolute Gasteiger partial charge is 0.376 e. The van der Waals surface area contributed by atoms with E-state index in [4.69, 9.17) is 0 Å². The van der Waals surface area contributed by atoms with Crippen LogP contribution in [0.25, 0.3) is 11.1 Å². The Kier molecular flexibility index (Phi) is 15.3. The fourth-order valence-corrected chi connectivity index (χ4v) is 5.04. The highest BCUT2D eigenvalue weighted by Crippen LogP contribution is 2.29. The van der Waals surface area contributed by atoms with Crippen LogP contribution >= 0.6 is 12.6 Å². The van der Waals surface area contributed by atoms with Crippen molar-refractivity contribution in [1.29, 1.82) is 0 Å². The fraction of sp³-hybridized carbons (Fsp3) is 0.400. The second-order valence-electron chi connectivity index (χ2n) is 10.5. The van der Waals surface area contributed by atoms with Gasteiger partial charge in [-0.15, -0.1) is 0 Å². The van der Waals surface area contributed by atoms with Gasteiger partial charge in [-0.2, -0.15) is 12.6 Å². The maximum Gasteiger partial charge on any atom is 0.210 e. The van der Waals surface area contributed by atoms with Gasteiger partial charge in [0.05, 0.1) is 11.4 Å². The van der Waals surface area contributed by atoms with Gasteiger partial charge < -0.3 is 9.80 Å². The molecule has 1 unspecified atom stereocenters. The molecule has 1 atom stereocenters. The summed E-state index contributed by atoms with van der Waals surface area (Å²) in [6.45, 7) is 15.2. The minimum atomic E-state index is -0.613. The van der Waals surface area contributed by atoms with Crippen LogP contribution in [0.3, 0.4) is 0 Å². The minimum absolute atomic E-state index is 0.00748. The van der Waals surface area contributed by atoms with Crippen LogP contribution in [0.4, 0.5) is 13.2 Å². The van der Waals surface area contributed by atoms with Crippen molar-refractivity contribution < 1.29 is 18.0 Å².